The molecular formula is C16H26N4O. The first-order chi connectivity index (χ1) is 10.3. The van der Waals surface area contributed by atoms with Gasteiger partial charge in [-0.1, -0.05) is 6.92 Å². The van der Waals surface area contributed by atoms with Crippen LogP contribution in [0.3, 0.4) is 0 Å². The average molecular weight is 290 g/mol. The Morgan fingerprint density at radius 1 is 1.19 bits per heavy atom. The van der Waals surface area contributed by atoms with Crippen LogP contribution in [0.25, 0.3) is 0 Å². The van der Waals surface area contributed by atoms with E-state index in [1.54, 1.807) is 0 Å². The Labute approximate surface area is 126 Å². The third-order valence-corrected chi connectivity index (χ3v) is 4.07. The monoisotopic (exact) mass is 290 g/mol. The van der Waals surface area contributed by atoms with Gasteiger partial charge in [-0.05, 0) is 38.0 Å². The lowest BCUT2D eigenvalue weighted by Gasteiger charge is -2.22. The highest BCUT2D eigenvalue weighted by atomic mass is 16.5. The first kappa shape index (κ1) is 14.6. The number of aromatic nitrogens is 2. The predicted molar refractivity (Wildman–Crippen MR) is 84.8 cm³/mol. The summed E-state index contributed by atoms with van der Waals surface area (Å²) in [6, 6.07) is 2.03. The third-order valence-electron chi connectivity index (χ3n) is 4.07. The average Bonchev–Trinajstić information content (AvgIpc) is 3.37. The Morgan fingerprint density at radius 3 is 2.67 bits per heavy atom. The number of anilines is 2. The second-order valence-corrected chi connectivity index (χ2v) is 6.16. The van der Waals surface area contributed by atoms with Crippen LogP contribution >= 0.6 is 0 Å². The highest BCUT2D eigenvalue weighted by Gasteiger charge is 2.27. The van der Waals surface area contributed by atoms with Crippen LogP contribution in [0.1, 0.15) is 50.8 Å². The molecule has 21 heavy (non-hydrogen) atoms. The van der Waals surface area contributed by atoms with E-state index in [0.717, 1.165) is 50.2 Å². The summed E-state index contributed by atoms with van der Waals surface area (Å²) < 4.78 is 5.53. The zero-order valence-electron chi connectivity index (χ0n) is 12.9. The minimum Gasteiger partial charge on any atom is -0.381 e. The summed E-state index contributed by atoms with van der Waals surface area (Å²) in [4.78, 5) is 9.33. The van der Waals surface area contributed by atoms with Gasteiger partial charge in [-0.15, -0.1) is 0 Å². The van der Waals surface area contributed by atoms with Crippen molar-refractivity contribution >= 4 is 11.6 Å². The first-order valence-corrected chi connectivity index (χ1v) is 8.29. The fraction of sp³-hybridized carbons (Fsp3) is 0.750. The van der Waals surface area contributed by atoms with Gasteiger partial charge in [0.15, 0.2) is 0 Å². The molecule has 1 saturated heterocycles. The molecule has 3 rings (SSSR count). The Kier molecular flexibility index (Phi) is 4.91. The van der Waals surface area contributed by atoms with Gasteiger partial charge in [0.2, 0.25) is 0 Å². The summed E-state index contributed by atoms with van der Waals surface area (Å²) >= 11 is 0. The zero-order chi connectivity index (χ0) is 14.5. The Morgan fingerprint density at radius 2 is 2.00 bits per heavy atom. The number of hydrogen-bond acceptors (Lipinski definition) is 5. The number of nitrogens with one attached hydrogen (secondary N) is 2. The van der Waals surface area contributed by atoms with Crippen molar-refractivity contribution in [1.82, 2.24) is 9.97 Å². The van der Waals surface area contributed by atoms with E-state index in [-0.39, 0.29) is 0 Å². The summed E-state index contributed by atoms with van der Waals surface area (Å²) in [7, 11) is 0. The minimum atomic E-state index is 0.576. The van der Waals surface area contributed by atoms with Gasteiger partial charge in [-0.25, -0.2) is 9.97 Å². The summed E-state index contributed by atoms with van der Waals surface area (Å²) in [6.45, 7) is 5.85. The smallest absolute Gasteiger partial charge is 0.136 e. The van der Waals surface area contributed by atoms with Crippen LogP contribution in [0.5, 0.6) is 0 Å². The molecular weight excluding hydrogens is 264 g/mol. The summed E-state index contributed by atoms with van der Waals surface area (Å²) in [5, 5.41) is 6.86. The highest BCUT2D eigenvalue weighted by Crippen LogP contribution is 2.38. The van der Waals surface area contributed by atoms with Crippen LogP contribution in [0.2, 0.25) is 0 Å². The van der Waals surface area contributed by atoms with Crippen LogP contribution in [0, 0.1) is 5.92 Å². The molecule has 1 atom stereocenters. The molecule has 1 saturated carbocycles. The van der Waals surface area contributed by atoms with Crippen LogP contribution in [0.15, 0.2) is 6.07 Å². The van der Waals surface area contributed by atoms with Crippen molar-refractivity contribution in [3.63, 3.8) is 0 Å². The topological polar surface area (TPSA) is 59.1 Å². The second kappa shape index (κ2) is 7.07. The number of hydrogen-bond donors (Lipinski definition) is 2. The lowest BCUT2D eigenvalue weighted by atomic mass is 10.0. The largest absolute Gasteiger partial charge is 0.381 e. The van der Waals surface area contributed by atoms with E-state index in [9.17, 15) is 0 Å². The minimum absolute atomic E-state index is 0.576. The molecule has 5 nitrogen and oxygen atoms in total. The van der Waals surface area contributed by atoms with Gasteiger partial charge in [0.1, 0.15) is 17.5 Å². The van der Waals surface area contributed by atoms with E-state index >= 15 is 0 Å². The molecule has 0 spiro atoms. The standard InChI is InChI=1S/C16H26N4O/c1-2-7-17-14-9-15(20-16(19-14)13-5-6-13)18-10-12-4-3-8-21-11-12/h9,12-13H,2-8,10-11H2,1H3,(H2,17,18,19,20). The van der Waals surface area contributed by atoms with Gasteiger partial charge in [0.25, 0.3) is 0 Å². The highest BCUT2D eigenvalue weighted by molar-refractivity contribution is 5.48. The molecule has 0 aromatic carbocycles. The van der Waals surface area contributed by atoms with Crippen molar-refractivity contribution in [3.05, 3.63) is 11.9 Å². The van der Waals surface area contributed by atoms with Crippen LogP contribution in [-0.2, 0) is 4.74 Å². The molecule has 0 bridgehead atoms. The maximum absolute atomic E-state index is 5.53. The van der Waals surface area contributed by atoms with Crippen LogP contribution in [-0.4, -0.2) is 36.3 Å². The van der Waals surface area contributed by atoms with E-state index in [1.807, 2.05) is 6.07 Å². The van der Waals surface area contributed by atoms with E-state index in [4.69, 9.17) is 4.74 Å². The summed E-state index contributed by atoms with van der Waals surface area (Å²) in [5.41, 5.74) is 0. The van der Waals surface area contributed by atoms with Crippen LogP contribution < -0.4 is 10.6 Å². The van der Waals surface area contributed by atoms with E-state index in [0.29, 0.717) is 11.8 Å². The van der Waals surface area contributed by atoms with Crippen molar-refractivity contribution < 1.29 is 4.74 Å². The molecule has 1 aliphatic heterocycles. The van der Waals surface area contributed by atoms with E-state index in [2.05, 4.69) is 27.5 Å². The maximum atomic E-state index is 5.53. The molecule has 2 N–H and O–H groups in total. The number of rotatable bonds is 7. The summed E-state index contributed by atoms with van der Waals surface area (Å²) in [6.07, 6.45) is 5.98. The van der Waals surface area contributed by atoms with Crippen LogP contribution in [0.4, 0.5) is 11.6 Å². The number of ether oxygens (including phenoxy) is 1. The van der Waals surface area contributed by atoms with Crippen molar-refractivity contribution in [2.45, 2.75) is 44.9 Å². The molecule has 1 aromatic rings. The predicted octanol–water partition coefficient (Wildman–Crippen LogP) is 3.01. The van der Waals surface area contributed by atoms with Gasteiger partial charge in [-0.3, -0.25) is 0 Å². The molecule has 0 radical (unpaired) electrons. The van der Waals surface area contributed by atoms with Gasteiger partial charge < -0.3 is 15.4 Å². The fourth-order valence-electron chi connectivity index (χ4n) is 2.64. The molecule has 1 aliphatic carbocycles. The SMILES string of the molecule is CCCNc1cc(NCC2CCCOC2)nc(C2CC2)n1. The Balaban J connectivity index is 1.63. The lowest BCUT2D eigenvalue weighted by molar-refractivity contribution is 0.0595. The van der Waals surface area contributed by atoms with Gasteiger partial charge in [-0.2, -0.15) is 0 Å². The quantitative estimate of drug-likeness (QED) is 0.808. The van der Waals surface area contributed by atoms with E-state index in [1.165, 1.54) is 25.7 Å². The molecule has 0 amide bonds. The maximum Gasteiger partial charge on any atom is 0.136 e. The lowest BCUT2D eigenvalue weighted by Crippen LogP contribution is -2.24. The first-order valence-electron chi connectivity index (χ1n) is 8.29. The Hall–Kier alpha value is -1.36. The zero-order valence-corrected chi connectivity index (χ0v) is 12.9. The molecule has 2 fully saturated rings. The molecule has 2 aliphatic rings. The molecule has 116 valence electrons. The molecule has 2 heterocycles. The second-order valence-electron chi connectivity index (χ2n) is 6.16. The van der Waals surface area contributed by atoms with Gasteiger partial charge in [0, 0.05) is 31.7 Å². The molecule has 1 unspecified atom stereocenters. The van der Waals surface area contributed by atoms with E-state index < -0.39 is 0 Å². The van der Waals surface area contributed by atoms with Crippen molar-refractivity contribution in [2.24, 2.45) is 5.92 Å². The normalized spacial score (nSPS) is 22.0. The van der Waals surface area contributed by atoms with Crippen molar-refractivity contribution in [1.29, 1.82) is 0 Å². The third kappa shape index (κ3) is 4.30. The van der Waals surface area contributed by atoms with Crippen molar-refractivity contribution in [3.8, 4) is 0 Å². The Bertz CT molecular complexity index is 456. The molecule has 5 heteroatoms. The summed E-state index contributed by atoms with van der Waals surface area (Å²) in [5.74, 6) is 4.09. The van der Waals surface area contributed by atoms with Gasteiger partial charge in [0.05, 0.1) is 6.61 Å². The van der Waals surface area contributed by atoms with Crippen molar-refractivity contribution in [2.75, 3.05) is 36.9 Å². The number of nitrogens with zero attached hydrogens (tertiary/aromatic N) is 2. The fourth-order valence-corrected chi connectivity index (χ4v) is 2.64. The molecule has 1 aromatic heterocycles. The van der Waals surface area contributed by atoms with Gasteiger partial charge >= 0.3 is 0 Å².